The Labute approximate surface area is 154 Å². The van der Waals surface area contributed by atoms with Crippen molar-refractivity contribution in [2.24, 2.45) is 0 Å². The van der Waals surface area contributed by atoms with E-state index in [0.717, 1.165) is 27.8 Å². The van der Waals surface area contributed by atoms with Gasteiger partial charge in [0.05, 0.1) is 10.6 Å². The summed E-state index contributed by atoms with van der Waals surface area (Å²) < 4.78 is 1.52. The molecule has 0 unspecified atom stereocenters. The number of hydrogen-bond acceptors (Lipinski definition) is 3. The molecule has 0 fully saturated rings. The Hall–Kier alpha value is -3.73. The van der Waals surface area contributed by atoms with Crippen LogP contribution in [0.15, 0.2) is 77.6 Å². The van der Waals surface area contributed by atoms with Crippen molar-refractivity contribution in [3.8, 4) is 16.9 Å². The van der Waals surface area contributed by atoms with Gasteiger partial charge in [-0.2, -0.15) is 0 Å². The van der Waals surface area contributed by atoms with Crippen molar-refractivity contribution < 1.29 is 4.92 Å². The van der Waals surface area contributed by atoms with E-state index >= 15 is 0 Å². The zero-order valence-corrected chi connectivity index (χ0v) is 14.3. The highest BCUT2D eigenvalue weighted by molar-refractivity contribution is 5.94. The third-order valence-corrected chi connectivity index (χ3v) is 5.15. The maximum Gasteiger partial charge on any atom is 0.293 e. The summed E-state index contributed by atoms with van der Waals surface area (Å²) in [5, 5.41) is 13.1. The van der Waals surface area contributed by atoms with Gasteiger partial charge in [-0.1, -0.05) is 54.6 Å². The summed E-state index contributed by atoms with van der Waals surface area (Å²) in [5.41, 5.74) is 3.83. The predicted molar refractivity (Wildman–Crippen MR) is 104 cm³/mol. The lowest BCUT2D eigenvalue weighted by molar-refractivity contribution is -0.384. The van der Waals surface area contributed by atoms with Gasteiger partial charge < -0.3 is 0 Å². The van der Waals surface area contributed by atoms with E-state index in [1.807, 2.05) is 42.5 Å². The number of rotatable bonds is 2. The van der Waals surface area contributed by atoms with Gasteiger partial charge in [0.25, 0.3) is 11.2 Å². The van der Waals surface area contributed by atoms with Gasteiger partial charge in [0.2, 0.25) is 0 Å². The van der Waals surface area contributed by atoms with Gasteiger partial charge in [-0.3, -0.25) is 19.5 Å². The Bertz CT molecular complexity index is 1300. The van der Waals surface area contributed by atoms with Crippen LogP contribution >= 0.6 is 0 Å². The van der Waals surface area contributed by atoms with Crippen LogP contribution < -0.4 is 5.56 Å². The molecule has 0 saturated carbocycles. The average Bonchev–Trinajstić information content (AvgIpc) is 3.08. The fourth-order valence-corrected chi connectivity index (χ4v) is 4.01. The second-order valence-electron chi connectivity index (χ2n) is 6.59. The second-order valence-corrected chi connectivity index (χ2v) is 6.59. The highest BCUT2D eigenvalue weighted by Gasteiger charge is 2.28. The minimum atomic E-state index is -0.440. The Morgan fingerprint density at radius 2 is 1.52 bits per heavy atom. The summed E-state index contributed by atoms with van der Waals surface area (Å²) in [6.07, 6.45) is 0.701. The van der Waals surface area contributed by atoms with E-state index in [2.05, 4.69) is 0 Å². The van der Waals surface area contributed by atoms with Crippen LogP contribution in [0.4, 0.5) is 5.69 Å². The fraction of sp³-hybridized carbons (Fsp3) is 0.0455. The van der Waals surface area contributed by atoms with Gasteiger partial charge in [-0.25, -0.2) is 0 Å². The van der Waals surface area contributed by atoms with Crippen LogP contribution in [0.2, 0.25) is 0 Å². The minimum absolute atomic E-state index is 0.0820. The molecule has 130 valence electrons. The molecule has 3 aromatic carbocycles. The van der Waals surface area contributed by atoms with Gasteiger partial charge >= 0.3 is 0 Å². The summed E-state index contributed by atoms with van der Waals surface area (Å²) in [6.45, 7) is 0. The largest absolute Gasteiger partial charge is 0.293 e. The normalized spacial score (nSPS) is 12.0. The highest BCUT2D eigenvalue weighted by atomic mass is 16.6. The van der Waals surface area contributed by atoms with Gasteiger partial charge in [0.15, 0.2) is 0 Å². The molecular weight excluding hydrogens is 340 g/mol. The van der Waals surface area contributed by atoms with Gasteiger partial charge in [-0.15, -0.1) is 0 Å². The van der Waals surface area contributed by atoms with Crippen molar-refractivity contribution in [3.05, 3.63) is 104 Å². The second kappa shape index (κ2) is 5.64. The molecule has 1 heterocycles. The lowest BCUT2D eigenvalue weighted by atomic mass is 10.0. The Morgan fingerprint density at radius 1 is 0.852 bits per heavy atom. The topological polar surface area (TPSA) is 65.1 Å². The highest BCUT2D eigenvalue weighted by Crippen LogP contribution is 2.41. The SMILES string of the molecule is O=c1c2ccccc2c2c(n1-c1ccccc1[N+](=O)[O-])-c1ccccc1C2. The van der Waals surface area contributed by atoms with Crippen molar-refractivity contribution in [2.75, 3.05) is 0 Å². The van der Waals surface area contributed by atoms with Crippen molar-refractivity contribution in [2.45, 2.75) is 6.42 Å². The standard InChI is InChI=1S/C22H14N2O3/c25-22-17-10-4-3-9-16(17)18-13-14-7-1-2-8-15(14)21(18)23(22)19-11-5-6-12-20(19)24(26)27/h1-12H,13H2. The fourth-order valence-electron chi connectivity index (χ4n) is 4.01. The first-order chi connectivity index (χ1) is 13.2. The number of benzene rings is 3. The van der Waals surface area contributed by atoms with E-state index in [1.54, 1.807) is 24.3 Å². The monoisotopic (exact) mass is 354 g/mol. The van der Waals surface area contributed by atoms with Crippen molar-refractivity contribution in [3.63, 3.8) is 0 Å². The minimum Gasteiger partial charge on any atom is -0.269 e. The van der Waals surface area contributed by atoms with Crippen LogP contribution in [0, 0.1) is 10.1 Å². The molecule has 0 amide bonds. The molecule has 0 N–H and O–H groups in total. The van der Waals surface area contributed by atoms with Crippen molar-refractivity contribution in [1.29, 1.82) is 0 Å². The van der Waals surface area contributed by atoms with Crippen molar-refractivity contribution in [1.82, 2.24) is 4.57 Å². The molecular formula is C22H14N2O3. The molecule has 0 aliphatic heterocycles. The van der Waals surface area contributed by atoms with E-state index in [-0.39, 0.29) is 11.2 Å². The van der Waals surface area contributed by atoms with Crippen LogP contribution in [0.1, 0.15) is 11.1 Å². The molecule has 0 spiro atoms. The lowest BCUT2D eigenvalue weighted by Crippen LogP contribution is -2.22. The molecule has 0 radical (unpaired) electrons. The Morgan fingerprint density at radius 3 is 2.33 bits per heavy atom. The van der Waals surface area contributed by atoms with E-state index in [0.29, 0.717) is 17.5 Å². The summed E-state index contributed by atoms with van der Waals surface area (Å²) in [5.74, 6) is 0. The summed E-state index contributed by atoms with van der Waals surface area (Å²) in [7, 11) is 0. The van der Waals surface area contributed by atoms with Crippen molar-refractivity contribution >= 4 is 16.5 Å². The summed E-state index contributed by atoms with van der Waals surface area (Å²) >= 11 is 0. The molecule has 4 aromatic rings. The van der Waals surface area contributed by atoms with Crippen LogP contribution in [0.25, 0.3) is 27.7 Å². The number of nitro groups is 1. The number of nitro benzene ring substituents is 1. The molecule has 0 atom stereocenters. The average molecular weight is 354 g/mol. The van der Waals surface area contributed by atoms with Crippen LogP contribution in [-0.2, 0) is 6.42 Å². The summed E-state index contributed by atoms with van der Waals surface area (Å²) in [4.78, 5) is 24.6. The van der Waals surface area contributed by atoms with E-state index in [4.69, 9.17) is 0 Å². The molecule has 5 nitrogen and oxygen atoms in total. The Balaban J connectivity index is 2.00. The third-order valence-electron chi connectivity index (χ3n) is 5.15. The molecule has 5 heteroatoms. The molecule has 1 aliphatic rings. The smallest absolute Gasteiger partial charge is 0.269 e. The van der Waals surface area contributed by atoms with Crippen LogP contribution in [0.5, 0.6) is 0 Å². The molecule has 0 saturated heterocycles. The quantitative estimate of drug-likeness (QED) is 0.347. The molecule has 1 aromatic heterocycles. The number of pyridine rings is 1. The summed E-state index contributed by atoms with van der Waals surface area (Å²) in [6, 6.07) is 21.8. The van der Waals surface area contributed by atoms with Crippen LogP contribution in [0.3, 0.4) is 0 Å². The number of aromatic nitrogens is 1. The molecule has 1 aliphatic carbocycles. The van der Waals surface area contributed by atoms with Crippen LogP contribution in [-0.4, -0.2) is 9.49 Å². The maximum atomic E-state index is 13.4. The number of hydrogen-bond donors (Lipinski definition) is 0. The number of fused-ring (bicyclic) bond motifs is 5. The van der Waals surface area contributed by atoms with E-state index in [1.165, 1.54) is 10.6 Å². The molecule has 5 rings (SSSR count). The maximum absolute atomic E-state index is 13.4. The molecule has 27 heavy (non-hydrogen) atoms. The zero-order valence-electron chi connectivity index (χ0n) is 14.3. The number of para-hydroxylation sites is 2. The zero-order chi connectivity index (χ0) is 18.5. The van der Waals surface area contributed by atoms with E-state index in [9.17, 15) is 14.9 Å². The van der Waals surface area contributed by atoms with Gasteiger partial charge in [0, 0.05) is 23.4 Å². The first kappa shape index (κ1) is 15.5. The third kappa shape index (κ3) is 2.15. The Kier molecular flexibility index (Phi) is 3.24. The first-order valence-corrected chi connectivity index (χ1v) is 8.65. The number of nitrogens with zero attached hydrogens (tertiary/aromatic N) is 2. The van der Waals surface area contributed by atoms with E-state index < -0.39 is 4.92 Å². The van der Waals surface area contributed by atoms with Gasteiger partial charge in [0.1, 0.15) is 5.69 Å². The van der Waals surface area contributed by atoms with Gasteiger partial charge in [-0.05, 0) is 28.6 Å². The lowest BCUT2D eigenvalue weighted by Gasteiger charge is -2.15. The first-order valence-electron chi connectivity index (χ1n) is 8.65. The molecule has 0 bridgehead atoms. The predicted octanol–water partition coefficient (Wildman–Crippen LogP) is 4.47.